The third kappa shape index (κ3) is 4.08. The number of hydrogen-bond acceptors (Lipinski definition) is 3. The summed E-state index contributed by atoms with van der Waals surface area (Å²) >= 11 is 1.59. The Morgan fingerprint density at radius 3 is 2.69 bits per heavy atom. The summed E-state index contributed by atoms with van der Waals surface area (Å²) in [6.07, 6.45) is 0.376. The van der Waals surface area contributed by atoms with Gasteiger partial charge in [0.15, 0.2) is 0 Å². The van der Waals surface area contributed by atoms with Crippen LogP contribution in [0.3, 0.4) is 0 Å². The van der Waals surface area contributed by atoms with Gasteiger partial charge in [-0.2, -0.15) is 11.3 Å². The Kier molecular flexibility index (Phi) is 3.09. The molecule has 1 heterocycles. The highest BCUT2D eigenvalue weighted by Crippen LogP contribution is 2.11. The van der Waals surface area contributed by atoms with Crippen LogP contribution in [0.1, 0.15) is 26.3 Å². The molecule has 0 aromatic carbocycles. The smallest absolute Gasteiger partial charge is 0.310 e. The molecule has 0 atom stereocenters. The van der Waals surface area contributed by atoms with Crippen molar-refractivity contribution in [3.05, 3.63) is 22.4 Å². The Morgan fingerprint density at radius 1 is 1.54 bits per heavy atom. The molecule has 2 nitrogen and oxygen atoms in total. The Morgan fingerprint density at radius 2 is 2.23 bits per heavy atom. The van der Waals surface area contributed by atoms with Crippen LogP contribution in [0, 0.1) is 0 Å². The molecule has 0 N–H and O–H groups in total. The van der Waals surface area contributed by atoms with E-state index in [1.54, 1.807) is 11.3 Å². The molecule has 0 radical (unpaired) electrons. The summed E-state index contributed by atoms with van der Waals surface area (Å²) in [5, 5.41) is 3.92. The maximum Gasteiger partial charge on any atom is 0.310 e. The van der Waals surface area contributed by atoms with Crippen LogP contribution in [0.15, 0.2) is 16.8 Å². The van der Waals surface area contributed by atoms with Gasteiger partial charge in [-0.3, -0.25) is 4.79 Å². The summed E-state index contributed by atoms with van der Waals surface area (Å²) in [4.78, 5) is 11.3. The van der Waals surface area contributed by atoms with Gasteiger partial charge in [0.05, 0.1) is 6.42 Å². The zero-order chi connectivity index (χ0) is 9.90. The van der Waals surface area contributed by atoms with Crippen molar-refractivity contribution in [2.24, 2.45) is 0 Å². The third-order valence-corrected chi connectivity index (χ3v) is 2.08. The van der Waals surface area contributed by atoms with Crippen LogP contribution < -0.4 is 0 Å². The van der Waals surface area contributed by atoms with Gasteiger partial charge in [0.2, 0.25) is 0 Å². The number of hydrogen-bond donors (Lipinski definition) is 0. The summed E-state index contributed by atoms with van der Waals surface area (Å²) in [6.45, 7) is 5.62. The fraction of sp³-hybridized carbons (Fsp3) is 0.500. The van der Waals surface area contributed by atoms with Gasteiger partial charge in [0.25, 0.3) is 0 Å². The van der Waals surface area contributed by atoms with Crippen molar-refractivity contribution in [2.45, 2.75) is 32.8 Å². The lowest BCUT2D eigenvalue weighted by Gasteiger charge is -2.19. The standard InChI is InChI=1S/C10H14O2S/c1-10(2,3)12-9(11)6-8-4-5-13-7-8/h4-5,7H,6H2,1-3H3. The molecule has 1 aromatic heterocycles. The Balaban J connectivity index is 2.43. The van der Waals surface area contributed by atoms with E-state index in [0.717, 1.165) is 5.56 Å². The molecule has 0 aliphatic rings. The fourth-order valence-corrected chi connectivity index (χ4v) is 1.61. The quantitative estimate of drug-likeness (QED) is 0.683. The maximum absolute atomic E-state index is 11.3. The van der Waals surface area contributed by atoms with Crippen LogP contribution in [0.4, 0.5) is 0 Å². The molecule has 3 heteroatoms. The largest absolute Gasteiger partial charge is 0.460 e. The highest BCUT2D eigenvalue weighted by molar-refractivity contribution is 7.07. The average molecular weight is 198 g/mol. The van der Waals surface area contributed by atoms with Gasteiger partial charge in [0, 0.05) is 0 Å². The van der Waals surface area contributed by atoms with E-state index in [4.69, 9.17) is 4.74 Å². The van der Waals surface area contributed by atoms with Crippen LogP contribution in [-0.2, 0) is 16.0 Å². The van der Waals surface area contributed by atoms with Gasteiger partial charge in [0.1, 0.15) is 5.60 Å². The summed E-state index contributed by atoms with van der Waals surface area (Å²) < 4.78 is 5.18. The highest BCUT2D eigenvalue weighted by atomic mass is 32.1. The molecule has 0 spiro atoms. The lowest BCUT2D eigenvalue weighted by atomic mass is 10.2. The van der Waals surface area contributed by atoms with E-state index >= 15 is 0 Å². The molecular weight excluding hydrogens is 184 g/mol. The van der Waals surface area contributed by atoms with Crippen molar-refractivity contribution in [1.82, 2.24) is 0 Å². The molecule has 0 bridgehead atoms. The summed E-state index contributed by atoms with van der Waals surface area (Å²) in [7, 11) is 0. The van der Waals surface area contributed by atoms with E-state index in [1.807, 2.05) is 37.6 Å². The van der Waals surface area contributed by atoms with Crippen LogP contribution in [0.5, 0.6) is 0 Å². The second kappa shape index (κ2) is 3.92. The van der Waals surface area contributed by atoms with E-state index in [2.05, 4.69) is 0 Å². The fourth-order valence-electron chi connectivity index (χ4n) is 0.937. The number of thiophene rings is 1. The van der Waals surface area contributed by atoms with E-state index in [9.17, 15) is 4.79 Å². The third-order valence-electron chi connectivity index (χ3n) is 1.35. The normalized spacial score (nSPS) is 11.3. The lowest BCUT2D eigenvalue weighted by Crippen LogP contribution is -2.24. The molecule has 0 aliphatic heterocycles. The summed E-state index contributed by atoms with van der Waals surface area (Å²) in [5.74, 6) is -0.161. The Bertz CT molecular complexity index is 270. The monoisotopic (exact) mass is 198 g/mol. The van der Waals surface area contributed by atoms with Crippen LogP contribution in [0.25, 0.3) is 0 Å². The van der Waals surface area contributed by atoms with Gasteiger partial charge in [-0.15, -0.1) is 0 Å². The van der Waals surface area contributed by atoms with Gasteiger partial charge in [-0.25, -0.2) is 0 Å². The minimum absolute atomic E-state index is 0.161. The van der Waals surface area contributed by atoms with Crippen molar-refractivity contribution in [1.29, 1.82) is 0 Å². The van der Waals surface area contributed by atoms with Crippen LogP contribution >= 0.6 is 11.3 Å². The van der Waals surface area contributed by atoms with E-state index < -0.39 is 0 Å². The van der Waals surface area contributed by atoms with Crippen molar-refractivity contribution >= 4 is 17.3 Å². The number of esters is 1. The van der Waals surface area contributed by atoms with E-state index in [1.165, 1.54) is 0 Å². The van der Waals surface area contributed by atoms with Crippen LogP contribution in [-0.4, -0.2) is 11.6 Å². The first-order valence-corrected chi connectivity index (χ1v) is 5.14. The molecule has 1 rings (SSSR count). The molecule has 0 saturated heterocycles. The van der Waals surface area contributed by atoms with E-state index in [0.29, 0.717) is 6.42 Å². The highest BCUT2D eigenvalue weighted by Gasteiger charge is 2.16. The second-order valence-corrected chi connectivity index (χ2v) is 4.67. The molecule has 72 valence electrons. The lowest BCUT2D eigenvalue weighted by molar-refractivity contribution is -0.153. The zero-order valence-electron chi connectivity index (χ0n) is 8.16. The molecule has 13 heavy (non-hydrogen) atoms. The molecule has 0 amide bonds. The number of carbonyl (C=O) groups excluding carboxylic acids is 1. The topological polar surface area (TPSA) is 26.3 Å². The molecule has 0 fully saturated rings. The molecule has 0 saturated carbocycles. The first-order valence-electron chi connectivity index (χ1n) is 4.20. The summed E-state index contributed by atoms with van der Waals surface area (Å²) in [6, 6.07) is 1.94. The van der Waals surface area contributed by atoms with Crippen LogP contribution in [0.2, 0.25) is 0 Å². The second-order valence-electron chi connectivity index (χ2n) is 3.89. The maximum atomic E-state index is 11.3. The van der Waals surface area contributed by atoms with Gasteiger partial charge >= 0.3 is 5.97 Å². The minimum Gasteiger partial charge on any atom is -0.460 e. The van der Waals surface area contributed by atoms with Crippen molar-refractivity contribution < 1.29 is 9.53 Å². The molecule has 0 unspecified atom stereocenters. The predicted molar refractivity (Wildman–Crippen MR) is 53.9 cm³/mol. The Hall–Kier alpha value is -0.830. The van der Waals surface area contributed by atoms with Gasteiger partial charge in [-0.1, -0.05) is 0 Å². The SMILES string of the molecule is CC(C)(C)OC(=O)Cc1ccsc1. The average Bonchev–Trinajstić information content (AvgIpc) is 2.34. The number of rotatable bonds is 2. The molecular formula is C10H14O2S. The van der Waals surface area contributed by atoms with Crippen molar-refractivity contribution in [2.75, 3.05) is 0 Å². The first-order chi connectivity index (χ1) is 5.97. The van der Waals surface area contributed by atoms with Crippen molar-refractivity contribution in [3.63, 3.8) is 0 Å². The van der Waals surface area contributed by atoms with Crippen molar-refractivity contribution in [3.8, 4) is 0 Å². The van der Waals surface area contributed by atoms with Gasteiger partial charge in [-0.05, 0) is 43.2 Å². The summed E-state index contributed by atoms with van der Waals surface area (Å²) in [5.41, 5.74) is 0.645. The van der Waals surface area contributed by atoms with E-state index in [-0.39, 0.29) is 11.6 Å². The minimum atomic E-state index is -0.382. The molecule has 0 aliphatic carbocycles. The number of ether oxygens (including phenoxy) is 1. The van der Waals surface area contributed by atoms with Gasteiger partial charge < -0.3 is 4.74 Å². The number of carbonyl (C=O) groups is 1. The Labute approximate surface area is 82.5 Å². The first kappa shape index (κ1) is 10.3. The molecule has 1 aromatic rings. The predicted octanol–water partition coefficient (Wildman–Crippen LogP) is 2.63. The zero-order valence-corrected chi connectivity index (χ0v) is 8.98.